The van der Waals surface area contributed by atoms with E-state index in [0.717, 1.165) is 0 Å². The Morgan fingerprint density at radius 1 is 0.833 bits per heavy atom. The van der Waals surface area contributed by atoms with Crippen LogP contribution in [0.1, 0.15) is 53.9 Å². The van der Waals surface area contributed by atoms with E-state index in [1.807, 2.05) is 34.0 Å². The Bertz CT molecular complexity index is 586. The van der Waals surface area contributed by atoms with Gasteiger partial charge in [-0.15, -0.1) is 0 Å². The maximum Gasteiger partial charge on any atom is 0.326 e. The number of rotatable bonds is 14. The summed E-state index contributed by atoms with van der Waals surface area (Å²) in [5, 5.41) is 17.0. The van der Waals surface area contributed by atoms with Gasteiger partial charge in [-0.25, -0.2) is 4.79 Å². The number of hydrogen-bond donors (Lipinski definition) is 5. The Labute approximate surface area is 183 Å². The van der Waals surface area contributed by atoms with Gasteiger partial charge >= 0.3 is 5.97 Å². The van der Waals surface area contributed by atoms with Crippen LogP contribution in [0.2, 0.25) is 0 Å². The first-order valence-corrected chi connectivity index (χ1v) is 11.7. The van der Waals surface area contributed by atoms with Crippen molar-refractivity contribution in [1.82, 2.24) is 16.0 Å². The summed E-state index contributed by atoms with van der Waals surface area (Å²) in [6, 6.07) is -3.53. The van der Waals surface area contributed by atoms with Crippen LogP contribution >= 0.6 is 11.8 Å². The third-order valence-electron chi connectivity index (χ3n) is 4.38. The highest BCUT2D eigenvalue weighted by molar-refractivity contribution is 7.98. The summed E-state index contributed by atoms with van der Waals surface area (Å²) in [7, 11) is 0. The van der Waals surface area contributed by atoms with Gasteiger partial charge in [-0.05, 0) is 50.0 Å². The zero-order chi connectivity index (χ0) is 23.4. The molecule has 9 nitrogen and oxygen atoms in total. The number of nitrogens with one attached hydrogen (secondary N) is 3. The average molecular weight is 447 g/mol. The molecular weight excluding hydrogens is 408 g/mol. The molecule has 0 radical (unpaired) electrons. The minimum Gasteiger partial charge on any atom is -0.480 e. The second kappa shape index (κ2) is 14.2. The van der Waals surface area contributed by atoms with Crippen LogP contribution in [0.3, 0.4) is 0 Å². The van der Waals surface area contributed by atoms with Crippen molar-refractivity contribution in [3.8, 4) is 0 Å². The molecule has 0 aliphatic heterocycles. The number of carbonyl (C=O) groups excluding carboxylic acids is 3. The molecule has 0 heterocycles. The first-order valence-electron chi connectivity index (χ1n) is 10.3. The van der Waals surface area contributed by atoms with Crippen LogP contribution in [-0.4, -0.2) is 65.0 Å². The van der Waals surface area contributed by atoms with Crippen molar-refractivity contribution in [3.63, 3.8) is 0 Å². The van der Waals surface area contributed by atoms with Gasteiger partial charge in [0.2, 0.25) is 17.7 Å². The minimum absolute atomic E-state index is 0.0810. The van der Waals surface area contributed by atoms with Gasteiger partial charge in [0.15, 0.2) is 0 Å². The minimum atomic E-state index is -1.13. The van der Waals surface area contributed by atoms with Gasteiger partial charge in [-0.2, -0.15) is 11.8 Å². The fraction of sp³-hybridized carbons (Fsp3) is 0.800. The lowest BCUT2D eigenvalue weighted by atomic mass is 10.0. The predicted octanol–water partition coefficient (Wildman–Crippen LogP) is 0.718. The molecule has 0 saturated heterocycles. The van der Waals surface area contributed by atoms with Gasteiger partial charge in [0.1, 0.15) is 18.1 Å². The standard InChI is InChI=1S/C20H38N4O5S/c1-11(2)9-14(21)18(26)23-15(7-8-30-6)19(27)22-13(5)17(25)24-16(20(28)29)10-12(3)4/h11-16H,7-10,21H2,1-6H3,(H,22,27)(H,23,26)(H,24,25)(H,28,29). The lowest BCUT2D eigenvalue weighted by molar-refractivity contribution is -0.142. The molecule has 0 aromatic rings. The van der Waals surface area contributed by atoms with Crippen LogP contribution in [0, 0.1) is 11.8 Å². The number of carbonyl (C=O) groups is 4. The average Bonchev–Trinajstić information content (AvgIpc) is 2.62. The molecule has 0 rings (SSSR count). The lowest BCUT2D eigenvalue weighted by Gasteiger charge is -2.24. The summed E-state index contributed by atoms with van der Waals surface area (Å²) in [4.78, 5) is 48.7. The topological polar surface area (TPSA) is 151 Å². The number of nitrogens with two attached hydrogens (primary N) is 1. The second-order valence-corrected chi connectivity index (χ2v) is 9.32. The van der Waals surface area contributed by atoms with E-state index in [-0.39, 0.29) is 18.3 Å². The summed E-state index contributed by atoms with van der Waals surface area (Å²) < 4.78 is 0. The zero-order valence-electron chi connectivity index (χ0n) is 18.9. The number of amides is 3. The Morgan fingerprint density at radius 2 is 1.37 bits per heavy atom. The van der Waals surface area contributed by atoms with Gasteiger partial charge < -0.3 is 26.8 Å². The highest BCUT2D eigenvalue weighted by Gasteiger charge is 2.28. The Hall–Kier alpha value is -1.81. The molecule has 0 aliphatic rings. The molecule has 0 aromatic carbocycles. The van der Waals surface area contributed by atoms with Gasteiger partial charge in [0.05, 0.1) is 6.04 Å². The summed E-state index contributed by atoms with van der Waals surface area (Å²) in [6.07, 6.45) is 3.04. The van der Waals surface area contributed by atoms with E-state index in [0.29, 0.717) is 18.6 Å². The van der Waals surface area contributed by atoms with Crippen molar-refractivity contribution in [2.24, 2.45) is 17.6 Å². The van der Waals surface area contributed by atoms with E-state index >= 15 is 0 Å². The highest BCUT2D eigenvalue weighted by Crippen LogP contribution is 2.07. The van der Waals surface area contributed by atoms with Gasteiger partial charge in [-0.3, -0.25) is 14.4 Å². The van der Waals surface area contributed by atoms with Crippen molar-refractivity contribution in [1.29, 1.82) is 0 Å². The van der Waals surface area contributed by atoms with Gasteiger partial charge in [0, 0.05) is 0 Å². The van der Waals surface area contributed by atoms with Crippen LogP contribution in [-0.2, 0) is 19.2 Å². The predicted molar refractivity (Wildman–Crippen MR) is 119 cm³/mol. The van der Waals surface area contributed by atoms with Crippen molar-refractivity contribution >= 4 is 35.5 Å². The number of aliphatic carboxylic acids is 1. The lowest BCUT2D eigenvalue weighted by Crippen LogP contribution is -2.56. The SMILES string of the molecule is CSCCC(NC(=O)C(N)CC(C)C)C(=O)NC(C)C(=O)NC(CC(C)C)C(=O)O. The molecule has 10 heteroatoms. The Morgan fingerprint density at radius 3 is 1.83 bits per heavy atom. The smallest absolute Gasteiger partial charge is 0.326 e. The van der Waals surface area contributed by atoms with Crippen molar-refractivity contribution in [3.05, 3.63) is 0 Å². The fourth-order valence-electron chi connectivity index (χ4n) is 2.77. The molecule has 0 fully saturated rings. The Kier molecular flexibility index (Phi) is 13.4. The number of hydrogen-bond acceptors (Lipinski definition) is 6. The fourth-order valence-corrected chi connectivity index (χ4v) is 3.24. The molecule has 4 unspecified atom stereocenters. The molecular formula is C20H38N4O5S. The summed E-state index contributed by atoms with van der Waals surface area (Å²) in [5.41, 5.74) is 5.90. The third-order valence-corrected chi connectivity index (χ3v) is 5.02. The Balaban J connectivity index is 5.01. The summed E-state index contributed by atoms with van der Waals surface area (Å²) >= 11 is 1.53. The number of carboxylic acids is 1. The van der Waals surface area contributed by atoms with Crippen LogP contribution in [0.5, 0.6) is 0 Å². The van der Waals surface area contributed by atoms with E-state index in [1.165, 1.54) is 18.7 Å². The van der Waals surface area contributed by atoms with E-state index in [2.05, 4.69) is 16.0 Å². The van der Waals surface area contributed by atoms with Crippen molar-refractivity contribution in [2.75, 3.05) is 12.0 Å². The zero-order valence-corrected chi connectivity index (χ0v) is 19.7. The molecule has 174 valence electrons. The molecule has 0 aromatic heterocycles. The molecule has 6 N–H and O–H groups in total. The van der Waals surface area contributed by atoms with E-state index in [4.69, 9.17) is 5.73 Å². The first kappa shape index (κ1) is 28.2. The maximum atomic E-state index is 12.7. The summed E-state index contributed by atoms with van der Waals surface area (Å²) in [6.45, 7) is 9.09. The van der Waals surface area contributed by atoms with Crippen molar-refractivity contribution < 1.29 is 24.3 Å². The van der Waals surface area contributed by atoms with Crippen LogP contribution in [0.15, 0.2) is 0 Å². The molecule has 4 atom stereocenters. The molecule has 3 amide bonds. The summed E-state index contributed by atoms with van der Waals surface area (Å²) in [5.74, 6) is -1.69. The van der Waals surface area contributed by atoms with Gasteiger partial charge in [0.25, 0.3) is 0 Å². The molecule has 0 aliphatic carbocycles. The van der Waals surface area contributed by atoms with E-state index < -0.39 is 47.9 Å². The molecule has 0 saturated carbocycles. The maximum absolute atomic E-state index is 12.7. The van der Waals surface area contributed by atoms with Crippen molar-refractivity contribution in [2.45, 2.75) is 78.0 Å². The van der Waals surface area contributed by atoms with Crippen LogP contribution in [0.4, 0.5) is 0 Å². The molecule has 30 heavy (non-hydrogen) atoms. The molecule has 0 spiro atoms. The second-order valence-electron chi connectivity index (χ2n) is 8.34. The largest absolute Gasteiger partial charge is 0.480 e. The molecule has 0 bridgehead atoms. The monoisotopic (exact) mass is 446 g/mol. The number of thioether (sulfide) groups is 1. The van der Waals surface area contributed by atoms with Crippen LogP contribution < -0.4 is 21.7 Å². The quantitative estimate of drug-likeness (QED) is 0.264. The van der Waals surface area contributed by atoms with E-state index in [9.17, 15) is 24.3 Å². The normalized spacial score (nSPS) is 15.2. The highest BCUT2D eigenvalue weighted by atomic mass is 32.2. The van der Waals surface area contributed by atoms with Crippen LogP contribution in [0.25, 0.3) is 0 Å². The van der Waals surface area contributed by atoms with E-state index in [1.54, 1.807) is 0 Å². The number of carboxylic acid groups (broad SMARTS) is 1. The first-order chi connectivity index (χ1) is 13.9. The third kappa shape index (κ3) is 11.4. The van der Waals surface area contributed by atoms with Gasteiger partial charge in [-0.1, -0.05) is 27.7 Å².